The molecule has 1 unspecified atom stereocenters. The molecule has 0 aliphatic carbocycles. The van der Waals surface area contributed by atoms with Crippen molar-refractivity contribution < 1.29 is 4.74 Å². The summed E-state index contributed by atoms with van der Waals surface area (Å²) in [6, 6.07) is 8.16. The van der Waals surface area contributed by atoms with Crippen molar-refractivity contribution in [3.05, 3.63) is 29.8 Å². The molecule has 1 aromatic carbocycles. The highest BCUT2D eigenvalue weighted by Crippen LogP contribution is 2.29. The summed E-state index contributed by atoms with van der Waals surface area (Å²) in [5.41, 5.74) is 7.90. The lowest BCUT2D eigenvalue weighted by Gasteiger charge is -2.23. The summed E-state index contributed by atoms with van der Waals surface area (Å²) >= 11 is 0. The molecule has 100 valence electrons. The molecule has 1 aromatic rings. The highest BCUT2D eigenvalue weighted by Gasteiger charge is 2.29. The van der Waals surface area contributed by atoms with Crippen LogP contribution in [-0.4, -0.2) is 31.6 Å². The molecule has 0 spiro atoms. The molecule has 0 amide bonds. The van der Waals surface area contributed by atoms with Crippen molar-refractivity contribution in [2.24, 2.45) is 11.1 Å². The van der Waals surface area contributed by atoms with Crippen molar-refractivity contribution >= 4 is 0 Å². The van der Waals surface area contributed by atoms with Gasteiger partial charge in [0.15, 0.2) is 0 Å². The lowest BCUT2D eigenvalue weighted by atomic mass is 9.93. The number of methoxy groups -OCH3 is 1. The van der Waals surface area contributed by atoms with Gasteiger partial charge >= 0.3 is 0 Å². The van der Waals surface area contributed by atoms with Crippen molar-refractivity contribution in [1.29, 1.82) is 0 Å². The van der Waals surface area contributed by atoms with Crippen molar-refractivity contribution in [3.63, 3.8) is 0 Å². The van der Waals surface area contributed by atoms with Gasteiger partial charge in [-0.15, -0.1) is 0 Å². The van der Waals surface area contributed by atoms with Gasteiger partial charge in [0.2, 0.25) is 0 Å². The molecule has 3 heteroatoms. The molecule has 2 N–H and O–H groups in total. The van der Waals surface area contributed by atoms with Gasteiger partial charge in [-0.1, -0.05) is 26.0 Å². The molecule has 2 rings (SSSR count). The quantitative estimate of drug-likeness (QED) is 0.889. The van der Waals surface area contributed by atoms with Gasteiger partial charge in [-0.05, 0) is 36.1 Å². The van der Waals surface area contributed by atoms with E-state index >= 15 is 0 Å². The second-order valence-corrected chi connectivity index (χ2v) is 6.03. The van der Waals surface area contributed by atoms with E-state index in [-0.39, 0.29) is 6.04 Å². The number of likely N-dealkylation sites (tertiary alicyclic amines) is 1. The number of hydrogen-bond donors (Lipinski definition) is 1. The lowest BCUT2D eigenvalue weighted by Crippen LogP contribution is -2.31. The lowest BCUT2D eigenvalue weighted by molar-refractivity contribution is 0.276. The number of hydrogen-bond acceptors (Lipinski definition) is 3. The predicted molar refractivity (Wildman–Crippen MR) is 74.8 cm³/mol. The largest absolute Gasteiger partial charge is 0.497 e. The average molecular weight is 248 g/mol. The van der Waals surface area contributed by atoms with Gasteiger partial charge in [-0.2, -0.15) is 0 Å². The van der Waals surface area contributed by atoms with Crippen LogP contribution in [0.5, 0.6) is 5.75 Å². The molecule has 0 bridgehead atoms. The van der Waals surface area contributed by atoms with Crippen LogP contribution in [0, 0.1) is 5.41 Å². The van der Waals surface area contributed by atoms with E-state index in [9.17, 15) is 0 Å². The van der Waals surface area contributed by atoms with Gasteiger partial charge in [0.25, 0.3) is 0 Å². The fourth-order valence-corrected chi connectivity index (χ4v) is 2.61. The number of benzene rings is 1. The summed E-state index contributed by atoms with van der Waals surface area (Å²) in [7, 11) is 1.68. The Labute approximate surface area is 110 Å². The SMILES string of the molecule is COc1ccc(C(N)CN2CCC(C)(C)C2)cc1. The van der Waals surface area contributed by atoms with Gasteiger partial charge in [-0.25, -0.2) is 0 Å². The Balaban J connectivity index is 1.93. The first-order chi connectivity index (χ1) is 8.50. The van der Waals surface area contributed by atoms with E-state index in [1.54, 1.807) is 7.11 Å². The first-order valence-electron chi connectivity index (χ1n) is 6.62. The molecule has 18 heavy (non-hydrogen) atoms. The van der Waals surface area contributed by atoms with E-state index in [1.165, 1.54) is 12.0 Å². The fourth-order valence-electron chi connectivity index (χ4n) is 2.61. The van der Waals surface area contributed by atoms with Gasteiger partial charge in [-0.3, -0.25) is 0 Å². The second-order valence-electron chi connectivity index (χ2n) is 6.03. The Morgan fingerprint density at radius 3 is 2.50 bits per heavy atom. The summed E-state index contributed by atoms with van der Waals surface area (Å²) in [5, 5.41) is 0. The minimum Gasteiger partial charge on any atom is -0.497 e. The number of nitrogens with zero attached hydrogens (tertiary/aromatic N) is 1. The summed E-state index contributed by atoms with van der Waals surface area (Å²) in [5.74, 6) is 0.883. The molecular weight excluding hydrogens is 224 g/mol. The van der Waals surface area contributed by atoms with Crippen LogP contribution in [0.2, 0.25) is 0 Å². The van der Waals surface area contributed by atoms with Crippen LogP contribution in [0.4, 0.5) is 0 Å². The Morgan fingerprint density at radius 2 is 2.00 bits per heavy atom. The maximum Gasteiger partial charge on any atom is 0.118 e. The van der Waals surface area contributed by atoms with Gasteiger partial charge in [0.05, 0.1) is 7.11 Å². The van der Waals surface area contributed by atoms with Crippen LogP contribution in [0.1, 0.15) is 31.9 Å². The monoisotopic (exact) mass is 248 g/mol. The van der Waals surface area contributed by atoms with Crippen molar-refractivity contribution in [2.45, 2.75) is 26.3 Å². The van der Waals surface area contributed by atoms with Crippen molar-refractivity contribution in [3.8, 4) is 5.75 Å². The molecule has 1 aliphatic rings. The minimum absolute atomic E-state index is 0.0878. The van der Waals surface area contributed by atoms with E-state index in [0.29, 0.717) is 5.41 Å². The molecule has 1 fully saturated rings. The molecular formula is C15H24N2O. The van der Waals surface area contributed by atoms with Gasteiger partial charge in [0.1, 0.15) is 5.75 Å². The first-order valence-corrected chi connectivity index (χ1v) is 6.62. The standard InChI is InChI=1S/C15H24N2O/c1-15(2)8-9-17(11-15)10-14(16)12-4-6-13(18-3)7-5-12/h4-7,14H,8-11,16H2,1-3H3. The van der Waals surface area contributed by atoms with Crippen molar-refractivity contribution in [1.82, 2.24) is 4.90 Å². The molecule has 0 aromatic heterocycles. The molecule has 1 atom stereocenters. The third-order valence-corrected chi connectivity index (χ3v) is 3.76. The predicted octanol–water partition coefficient (Wildman–Crippen LogP) is 2.43. The van der Waals surface area contributed by atoms with Crippen molar-refractivity contribution in [2.75, 3.05) is 26.7 Å². The normalized spacial score (nSPS) is 20.9. The zero-order valence-electron chi connectivity index (χ0n) is 11.6. The fraction of sp³-hybridized carbons (Fsp3) is 0.600. The van der Waals surface area contributed by atoms with E-state index in [4.69, 9.17) is 10.5 Å². The number of nitrogens with two attached hydrogens (primary N) is 1. The summed E-state index contributed by atoms with van der Waals surface area (Å²) in [6.07, 6.45) is 1.27. The Kier molecular flexibility index (Phi) is 3.93. The van der Waals surface area contributed by atoms with Crippen LogP contribution in [0.15, 0.2) is 24.3 Å². The molecule has 0 saturated carbocycles. The van der Waals surface area contributed by atoms with Gasteiger partial charge in [0, 0.05) is 19.1 Å². The second kappa shape index (κ2) is 5.29. The zero-order valence-corrected chi connectivity index (χ0v) is 11.6. The van der Waals surface area contributed by atoms with E-state index in [1.807, 2.05) is 12.1 Å². The third kappa shape index (κ3) is 3.24. The van der Waals surface area contributed by atoms with Gasteiger partial charge < -0.3 is 15.4 Å². The van der Waals surface area contributed by atoms with Crippen LogP contribution in [0.3, 0.4) is 0 Å². The topological polar surface area (TPSA) is 38.5 Å². The molecule has 1 aliphatic heterocycles. The third-order valence-electron chi connectivity index (χ3n) is 3.76. The Bertz CT molecular complexity index is 386. The van der Waals surface area contributed by atoms with Crippen LogP contribution >= 0.6 is 0 Å². The van der Waals surface area contributed by atoms with E-state index in [0.717, 1.165) is 25.4 Å². The zero-order chi connectivity index (χ0) is 13.2. The number of ether oxygens (including phenoxy) is 1. The molecule has 0 radical (unpaired) electrons. The Hall–Kier alpha value is -1.06. The van der Waals surface area contributed by atoms with Crippen LogP contribution in [-0.2, 0) is 0 Å². The summed E-state index contributed by atoms with van der Waals surface area (Å²) in [4.78, 5) is 2.47. The molecule has 3 nitrogen and oxygen atoms in total. The highest BCUT2D eigenvalue weighted by atomic mass is 16.5. The smallest absolute Gasteiger partial charge is 0.118 e. The summed E-state index contributed by atoms with van der Waals surface area (Å²) in [6.45, 7) is 7.90. The van der Waals surface area contributed by atoms with E-state index in [2.05, 4.69) is 30.9 Å². The van der Waals surface area contributed by atoms with Crippen LogP contribution in [0.25, 0.3) is 0 Å². The maximum absolute atomic E-state index is 6.27. The maximum atomic E-state index is 6.27. The van der Waals surface area contributed by atoms with Crippen LogP contribution < -0.4 is 10.5 Å². The first kappa shape index (κ1) is 13.4. The average Bonchev–Trinajstić information content (AvgIpc) is 2.68. The minimum atomic E-state index is 0.0878. The van der Waals surface area contributed by atoms with E-state index < -0.39 is 0 Å². The highest BCUT2D eigenvalue weighted by molar-refractivity contribution is 5.29. The molecule has 1 saturated heterocycles. The summed E-state index contributed by atoms with van der Waals surface area (Å²) < 4.78 is 5.16. The Morgan fingerprint density at radius 1 is 1.33 bits per heavy atom. The number of rotatable bonds is 4. The molecule has 1 heterocycles.